The van der Waals surface area contributed by atoms with Crippen molar-refractivity contribution in [1.29, 1.82) is 0 Å². The van der Waals surface area contributed by atoms with Crippen LogP contribution in [0.15, 0.2) is 0 Å². The van der Waals surface area contributed by atoms with Crippen LogP contribution in [0.2, 0.25) is 0 Å². The third-order valence-electron chi connectivity index (χ3n) is 7.07. The molecule has 0 aromatic heterocycles. The maximum absolute atomic E-state index is 2.89. The molecule has 4 fully saturated rings. The van der Waals surface area contributed by atoms with E-state index in [-0.39, 0.29) is 0 Å². The smallest absolute Gasteiger partial charge is 0.214 e. The first-order valence-electron chi connectivity index (χ1n) is 9.51. The van der Waals surface area contributed by atoms with Gasteiger partial charge in [-0.05, 0) is 6.42 Å². The molecule has 4 heterocycles. The number of hydrogen-bond acceptors (Lipinski definition) is 2. The zero-order valence-corrected chi connectivity index (χ0v) is 19.2. The van der Waals surface area contributed by atoms with Crippen LogP contribution in [0.3, 0.4) is 0 Å². The topological polar surface area (TPSA) is 6.48 Å². The molecule has 0 spiro atoms. The number of piperazine rings is 2. The third-order valence-corrected chi connectivity index (χ3v) is 7.07. The highest BCUT2D eigenvalue weighted by Gasteiger charge is 2.62. The van der Waals surface area contributed by atoms with Gasteiger partial charge in [0.15, 0.2) is 0 Å². The molecule has 0 aliphatic carbocycles. The average molecular weight is 548 g/mol. The fraction of sp³-hybridized carbons (Fsp3) is 1.00. The van der Waals surface area contributed by atoms with Crippen LogP contribution in [-0.2, 0) is 0 Å². The van der Waals surface area contributed by atoms with E-state index in [9.17, 15) is 0 Å². The molecule has 134 valence electrons. The lowest BCUT2D eigenvalue weighted by atomic mass is 9.95. The van der Waals surface area contributed by atoms with Gasteiger partial charge in [-0.3, -0.25) is 0 Å². The van der Waals surface area contributed by atoms with Crippen LogP contribution in [0.25, 0.3) is 0 Å². The van der Waals surface area contributed by atoms with Crippen molar-refractivity contribution in [3.63, 3.8) is 0 Å². The van der Waals surface area contributed by atoms with Crippen LogP contribution in [0, 0.1) is 0 Å². The summed E-state index contributed by atoms with van der Waals surface area (Å²) in [5.74, 6) is 0. The lowest BCUT2D eigenvalue weighted by Gasteiger charge is -2.66. The van der Waals surface area contributed by atoms with Crippen molar-refractivity contribution in [2.75, 3.05) is 66.0 Å². The van der Waals surface area contributed by atoms with Crippen molar-refractivity contribution in [3.05, 3.63) is 0 Å². The summed E-state index contributed by atoms with van der Waals surface area (Å²) in [4.78, 5) is 5.76. The number of rotatable bonds is 3. The van der Waals surface area contributed by atoms with E-state index >= 15 is 0 Å². The molecule has 0 bridgehead atoms. The molecule has 4 unspecified atom stereocenters. The van der Waals surface area contributed by atoms with Gasteiger partial charge in [0.25, 0.3) is 0 Å². The Balaban J connectivity index is 0.000000753. The molecular formula is C17H34I2N4+2. The van der Waals surface area contributed by atoms with Gasteiger partial charge in [0, 0.05) is 63.2 Å². The second-order valence-electron chi connectivity index (χ2n) is 8.28. The van der Waals surface area contributed by atoms with Crippen LogP contribution in [0.1, 0.15) is 32.6 Å². The van der Waals surface area contributed by atoms with E-state index in [2.05, 4.69) is 61.0 Å². The molecule has 0 aromatic carbocycles. The van der Waals surface area contributed by atoms with Gasteiger partial charge in [0.1, 0.15) is 0 Å². The molecule has 4 rings (SSSR count). The minimum absolute atomic E-state index is 0.790. The van der Waals surface area contributed by atoms with E-state index in [0.29, 0.717) is 0 Å². The Bertz CT molecular complexity index is 410. The fourth-order valence-corrected chi connectivity index (χ4v) is 5.96. The van der Waals surface area contributed by atoms with Gasteiger partial charge >= 0.3 is 0 Å². The molecule has 4 nitrogen and oxygen atoms in total. The largest absolute Gasteiger partial charge is 0.304 e. The number of quaternary nitrogens is 2. The van der Waals surface area contributed by atoms with Crippen molar-refractivity contribution in [2.45, 2.75) is 44.9 Å². The summed E-state index contributed by atoms with van der Waals surface area (Å²) in [5.41, 5.74) is 0. The first-order chi connectivity index (χ1) is 11.2. The Labute approximate surface area is 166 Å². The first kappa shape index (κ1) is 19.1. The summed E-state index contributed by atoms with van der Waals surface area (Å²) in [7, 11) is 2.56. The highest BCUT2D eigenvalue weighted by molar-refractivity contribution is 15.0. The van der Waals surface area contributed by atoms with E-state index in [1.807, 2.05) is 0 Å². The van der Waals surface area contributed by atoms with Gasteiger partial charge in [-0.15, -0.1) is 0 Å². The highest BCUT2D eigenvalue weighted by atomic mass is 128. The van der Waals surface area contributed by atoms with Crippen molar-refractivity contribution < 1.29 is 8.97 Å². The van der Waals surface area contributed by atoms with Crippen LogP contribution in [0.5, 0.6) is 0 Å². The molecule has 4 aliphatic heterocycles. The molecule has 6 heteroatoms. The summed E-state index contributed by atoms with van der Waals surface area (Å²) in [6.07, 6.45) is 7.20. The van der Waals surface area contributed by atoms with Crippen molar-refractivity contribution >= 4 is 37.2 Å². The molecule has 4 aliphatic rings. The zero-order valence-electron chi connectivity index (χ0n) is 14.9. The van der Waals surface area contributed by atoms with E-state index in [4.69, 9.17) is 0 Å². The fourth-order valence-electron chi connectivity index (χ4n) is 5.96. The maximum atomic E-state index is 2.89. The maximum Gasteiger partial charge on any atom is 0.214 e. The lowest BCUT2D eigenvalue weighted by molar-refractivity contribution is -1.05. The summed E-state index contributed by atoms with van der Waals surface area (Å²) in [6, 6.07) is 0. The second kappa shape index (κ2) is 7.90. The van der Waals surface area contributed by atoms with Crippen LogP contribution in [-0.4, -0.2) is 97.0 Å². The van der Waals surface area contributed by atoms with Gasteiger partial charge < -0.3 is 8.97 Å². The predicted molar refractivity (Wildman–Crippen MR) is 114 cm³/mol. The van der Waals surface area contributed by atoms with Crippen molar-refractivity contribution in [2.24, 2.45) is 0 Å². The molecular weight excluding hydrogens is 514 g/mol. The predicted octanol–water partition coefficient (Wildman–Crippen LogP) is 2.91. The van der Waals surface area contributed by atoms with Crippen molar-refractivity contribution in [1.82, 2.24) is 9.80 Å². The Kier molecular flexibility index (Phi) is 6.55. The second-order valence-corrected chi connectivity index (χ2v) is 8.28. The van der Waals surface area contributed by atoms with Gasteiger partial charge in [0.05, 0.1) is 52.9 Å². The van der Waals surface area contributed by atoms with Gasteiger partial charge in [-0.25, -0.2) is 9.80 Å². The molecule has 0 radical (unpaired) electrons. The Morgan fingerprint density at radius 3 is 2.26 bits per heavy atom. The lowest BCUT2D eigenvalue weighted by Crippen LogP contribution is -2.86. The SMILES string of the molecule is CCCC[N+]12CCCN3CC[N+]4(C)CCCN(CC1)C4C32.II. The number of likely N-dealkylation sites (N-methyl/N-ethyl adjacent to an activating group) is 1. The Morgan fingerprint density at radius 2 is 1.52 bits per heavy atom. The summed E-state index contributed by atoms with van der Waals surface area (Å²) >= 11 is 4.24. The van der Waals surface area contributed by atoms with Crippen molar-refractivity contribution in [3.8, 4) is 0 Å². The van der Waals surface area contributed by atoms with E-state index in [1.54, 1.807) is 0 Å². The van der Waals surface area contributed by atoms with Crippen LogP contribution < -0.4 is 0 Å². The number of hydrogen-bond donors (Lipinski definition) is 0. The van der Waals surface area contributed by atoms with Crippen LogP contribution >= 0.6 is 37.2 Å². The first-order valence-corrected chi connectivity index (χ1v) is 15.8. The standard InChI is InChI=1S/C17H34N4.I2/c1-3-4-12-21-13-6-8-19-9-14-20(2)11-5-7-18(10-15-21)16(20)17(19)21;1-2/h16-17H,3-15H2,1-2H3;/q+2;. The monoisotopic (exact) mass is 548 g/mol. The highest BCUT2D eigenvalue weighted by Crippen LogP contribution is 2.40. The van der Waals surface area contributed by atoms with Gasteiger partial charge in [-0.1, -0.05) is 13.3 Å². The van der Waals surface area contributed by atoms with E-state index in [0.717, 1.165) is 12.3 Å². The summed E-state index contributed by atoms with van der Waals surface area (Å²) in [6.45, 7) is 14.9. The van der Waals surface area contributed by atoms with E-state index in [1.165, 1.54) is 93.6 Å². The zero-order chi connectivity index (χ0) is 16.5. The Morgan fingerprint density at radius 1 is 0.870 bits per heavy atom. The van der Waals surface area contributed by atoms with Gasteiger partial charge in [-0.2, -0.15) is 0 Å². The third kappa shape index (κ3) is 3.34. The normalized spacial score (nSPS) is 43.3. The molecule has 0 aromatic rings. The molecule has 23 heavy (non-hydrogen) atoms. The van der Waals surface area contributed by atoms with E-state index < -0.39 is 0 Å². The molecule has 4 atom stereocenters. The van der Waals surface area contributed by atoms with Crippen LogP contribution in [0.4, 0.5) is 0 Å². The molecule has 0 N–H and O–H groups in total. The van der Waals surface area contributed by atoms with Gasteiger partial charge in [0.2, 0.25) is 12.3 Å². The molecule has 0 saturated carbocycles. The summed E-state index contributed by atoms with van der Waals surface area (Å²) < 4.78 is 2.77. The minimum atomic E-state index is 0.790. The quantitative estimate of drug-likeness (QED) is 0.396. The summed E-state index contributed by atoms with van der Waals surface area (Å²) in [5, 5.41) is 0. The number of halogens is 2. The number of nitrogens with zero attached hydrogens (tertiary/aromatic N) is 4. The molecule has 0 amide bonds. The number of unbranched alkanes of at least 4 members (excludes halogenated alkanes) is 1. The molecule has 4 saturated heterocycles. The Hall–Kier alpha value is 1.30. The minimum Gasteiger partial charge on any atom is -0.304 e. The average Bonchev–Trinajstić information content (AvgIpc) is 2.60.